The van der Waals surface area contributed by atoms with Crippen molar-refractivity contribution in [3.8, 4) is 11.5 Å². The highest BCUT2D eigenvalue weighted by molar-refractivity contribution is 5.76. The van der Waals surface area contributed by atoms with Gasteiger partial charge < -0.3 is 34.3 Å². The summed E-state index contributed by atoms with van der Waals surface area (Å²) in [5.74, 6) is 1.45. The average Bonchev–Trinajstić information content (AvgIpc) is 3.52. The van der Waals surface area contributed by atoms with Crippen LogP contribution >= 0.6 is 0 Å². The van der Waals surface area contributed by atoms with Gasteiger partial charge in [0.05, 0.1) is 49.7 Å². The monoisotopic (exact) mass is 596 g/mol. The van der Waals surface area contributed by atoms with Crippen molar-refractivity contribution in [3.63, 3.8) is 0 Å². The van der Waals surface area contributed by atoms with E-state index in [1.165, 1.54) is 0 Å². The molecular formula is C31H44N6O6. The van der Waals surface area contributed by atoms with Crippen molar-refractivity contribution in [2.45, 2.75) is 77.4 Å². The van der Waals surface area contributed by atoms with Gasteiger partial charge in [-0.15, -0.1) is 10.2 Å². The molecule has 3 N–H and O–H groups in total. The predicted molar refractivity (Wildman–Crippen MR) is 160 cm³/mol. The van der Waals surface area contributed by atoms with Crippen molar-refractivity contribution in [1.82, 2.24) is 30.8 Å². The fraction of sp³-hybridized carbons (Fsp3) is 0.548. The van der Waals surface area contributed by atoms with Gasteiger partial charge in [0.15, 0.2) is 5.82 Å². The van der Waals surface area contributed by atoms with E-state index in [2.05, 4.69) is 25.9 Å². The number of benzene rings is 2. The number of H-pyrrole nitrogens is 1. The lowest BCUT2D eigenvalue weighted by molar-refractivity contribution is -0.0343. The molecule has 0 bridgehead atoms. The fourth-order valence-corrected chi connectivity index (χ4v) is 5.49. The Bertz CT molecular complexity index is 1270. The zero-order valence-corrected chi connectivity index (χ0v) is 25.9. The highest BCUT2D eigenvalue weighted by atomic mass is 16.5. The summed E-state index contributed by atoms with van der Waals surface area (Å²) in [6.07, 6.45) is 0.0487. The van der Waals surface area contributed by atoms with Crippen molar-refractivity contribution < 1.29 is 28.8 Å². The molecule has 1 saturated carbocycles. The second kappa shape index (κ2) is 14.6. The second-order valence-corrected chi connectivity index (χ2v) is 10.8. The quantitative estimate of drug-likeness (QED) is 0.229. The number of methoxy groups -OCH3 is 1. The maximum Gasteiger partial charge on any atom is 0.318 e. The highest BCUT2D eigenvalue weighted by Crippen LogP contribution is 2.42. The molecule has 1 fully saturated rings. The number of aromatic nitrogens is 4. The van der Waals surface area contributed by atoms with E-state index in [9.17, 15) is 9.90 Å². The average molecular weight is 597 g/mol. The Hall–Kier alpha value is -3.74. The molecule has 3 atom stereocenters. The van der Waals surface area contributed by atoms with Gasteiger partial charge in [-0.1, -0.05) is 35.5 Å². The van der Waals surface area contributed by atoms with Crippen LogP contribution in [0.5, 0.6) is 11.5 Å². The molecule has 234 valence electrons. The lowest BCUT2D eigenvalue weighted by atomic mass is 9.73. The van der Waals surface area contributed by atoms with Crippen LogP contribution in [0.4, 0.5) is 4.79 Å². The molecule has 12 nitrogen and oxygen atoms in total. The number of carbonyl (C=O) groups is 1. The number of aliphatic hydroxyl groups excluding tert-OH is 1. The number of nitrogens with one attached hydrogen (secondary N) is 2. The van der Waals surface area contributed by atoms with Gasteiger partial charge in [0.1, 0.15) is 17.0 Å². The lowest BCUT2D eigenvalue weighted by Crippen LogP contribution is -2.60. The molecule has 3 unspecified atom stereocenters. The van der Waals surface area contributed by atoms with Crippen LogP contribution < -0.4 is 14.8 Å². The first-order chi connectivity index (χ1) is 20.7. The van der Waals surface area contributed by atoms with Gasteiger partial charge in [-0.05, 0) is 57.9 Å². The molecule has 43 heavy (non-hydrogen) atoms. The Morgan fingerprint density at radius 2 is 1.74 bits per heavy atom. The minimum absolute atomic E-state index is 0.0322. The topological polar surface area (TPSA) is 144 Å². The number of urea groups is 1. The lowest BCUT2D eigenvalue weighted by Gasteiger charge is -2.46. The van der Waals surface area contributed by atoms with Crippen molar-refractivity contribution in [1.29, 1.82) is 0 Å². The van der Waals surface area contributed by atoms with Gasteiger partial charge in [0.25, 0.3) is 0 Å². The number of nitrogens with zero attached hydrogens (tertiary/aromatic N) is 4. The van der Waals surface area contributed by atoms with E-state index in [0.717, 1.165) is 11.1 Å². The largest absolute Gasteiger partial charge is 0.493 e. The highest BCUT2D eigenvalue weighted by Gasteiger charge is 2.51. The summed E-state index contributed by atoms with van der Waals surface area (Å²) in [4.78, 5) is 15.9. The number of carbonyl (C=O) groups excluding carboxylic acids is 1. The summed E-state index contributed by atoms with van der Waals surface area (Å²) in [6, 6.07) is 13.0. The molecule has 2 aromatic carbocycles. The Morgan fingerprint density at radius 3 is 2.28 bits per heavy atom. The van der Waals surface area contributed by atoms with E-state index in [-0.39, 0.29) is 18.2 Å². The number of aliphatic hydroxyl groups is 1. The van der Waals surface area contributed by atoms with Gasteiger partial charge in [0, 0.05) is 26.5 Å². The fourth-order valence-electron chi connectivity index (χ4n) is 5.49. The zero-order valence-electron chi connectivity index (χ0n) is 25.9. The van der Waals surface area contributed by atoms with E-state index in [1.807, 2.05) is 70.2 Å². The van der Waals surface area contributed by atoms with Crippen LogP contribution in [0.3, 0.4) is 0 Å². The van der Waals surface area contributed by atoms with E-state index in [4.69, 9.17) is 18.9 Å². The molecule has 3 aromatic rings. The Morgan fingerprint density at radius 1 is 1.09 bits per heavy atom. The van der Waals surface area contributed by atoms with Crippen LogP contribution in [0.15, 0.2) is 42.5 Å². The number of amides is 2. The molecule has 12 heteroatoms. The van der Waals surface area contributed by atoms with E-state index >= 15 is 0 Å². The van der Waals surface area contributed by atoms with Crippen molar-refractivity contribution >= 4 is 6.03 Å². The third-order valence-electron chi connectivity index (χ3n) is 7.93. The summed E-state index contributed by atoms with van der Waals surface area (Å²) in [6.45, 7) is 10.8. The summed E-state index contributed by atoms with van der Waals surface area (Å²) in [5.41, 5.74) is 1.61. The van der Waals surface area contributed by atoms with Gasteiger partial charge >= 0.3 is 6.03 Å². The first-order valence-corrected chi connectivity index (χ1v) is 14.9. The zero-order chi connectivity index (χ0) is 31.0. The molecular weight excluding hydrogens is 552 g/mol. The van der Waals surface area contributed by atoms with E-state index in [1.54, 1.807) is 18.9 Å². The summed E-state index contributed by atoms with van der Waals surface area (Å²) >= 11 is 0. The van der Waals surface area contributed by atoms with Crippen LogP contribution in [0.25, 0.3) is 0 Å². The molecule has 0 spiro atoms. The molecule has 0 radical (unpaired) electrons. The molecule has 1 heterocycles. The molecule has 0 aliphatic heterocycles. The molecule has 1 aliphatic carbocycles. The Kier molecular flexibility index (Phi) is 10.9. The smallest absolute Gasteiger partial charge is 0.318 e. The second-order valence-electron chi connectivity index (χ2n) is 10.8. The Balaban J connectivity index is 1.64. The summed E-state index contributed by atoms with van der Waals surface area (Å²) in [7, 11) is 1.65. The van der Waals surface area contributed by atoms with Gasteiger partial charge in [-0.25, -0.2) is 4.79 Å². The van der Waals surface area contributed by atoms with Crippen molar-refractivity contribution in [3.05, 3.63) is 65.0 Å². The first-order valence-electron chi connectivity index (χ1n) is 14.9. The minimum atomic E-state index is -0.815. The molecule has 1 aliphatic rings. The number of aromatic amines is 1. The van der Waals surface area contributed by atoms with Crippen LogP contribution in [-0.4, -0.2) is 76.2 Å². The Labute approximate surface area is 253 Å². The third-order valence-corrected chi connectivity index (χ3v) is 7.93. The molecule has 4 rings (SSSR count). The normalized spacial score (nSPS) is 20.0. The van der Waals surface area contributed by atoms with Crippen LogP contribution in [0.2, 0.25) is 0 Å². The standard InChI is InChI=1S/C31H44N6O6/c1-7-41-26-16-24(17-27(42-8-2)28(26)21(4)38)20(3)37(14-15-43-22(5)23-12-10-9-11-13-23)30(39)32-31(18-25(19-31)40-6)29-33-35-36-34-29/h9-13,16-17,20-22,25,38H,7-8,14-15,18-19H2,1-6H3,(H,32,39)(H,33,34,35,36). The van der Waals surface area contributed by atoms with Gasteiger partial charge in [0.2, 0.25) is 0 Å². The SMILES string of the molecule is CCOc1cc(C(C)N(CCOC(C)c2ccccc2)C(=O)NC2(c3nn[nH]n3)CC(OC)C2)cc(OCC)c1C(C)O. The third kappa shape index (κ3) is 7.43. The first kappa shape index (κ1) is 32.2. The number of hydrogen-bond donors (Lipinski definition) is 3. The summed E-state index contributed by atoms with van der Waals surface area (Å²) < 4.78 is 23.6. The maximum atomic E-state index is 14.1. The molecule has 0 saturated heterocycles. The van der Waals surface area contributed by atoms with Crippen LogP contribution in [0.1, 0.15) is 88.2 Å². The van der Waals surface area contributed by atoms with Gasteiger partial charge in [-0.2, -0.15) is 5.21 Å². The number of ether oxygens (including phenoxy) is 4. The number of hydrogen-bond acceptors (Lipinski definition) is 9. The number of rotatable bonds is 15. The number of tetrazole rings is 1. The van der Waals surface area contributed by atoms with E-state index in [0.29, 0.717) is 62.1 Å². The van der Waals surface area contributed by atoms with Gasteiger partial charge in [-0.3, -0.25) is 0 Å². The van der Waals surface area contributed by atoms with Crippen molar-refractivity contribution in [2.24, 2.45) is 0 Å². The van der Waals surface area contributed by atoms with Crippen LogP contribution in [-0.2, 0) is 15.0 Å². The molecule has 2 amide bonds. The van der Waals surface area contributed by atoms with Crippen LogP contribution in [0, 0.1) is 0 Å². The minimum Gasteiger partial charge on any atom is -0.493 e. The molecule has 1 aromatic heterocycles. The van der Waals surface area contributed by atoms with Crippen molar-refractivity contribution in [2.75, 3.05) is 33.5 Å². The van der Waals surface area contributed by atoms with E-state index < -0.39 is 17.7 Å². The predicted octanol–water partition coefficient (Wildman–Crippen LogP) is 4.61. The summed E-state index contributed by atoms with van der Waals surface area (Å²) in [5, 5.41) is 28.3. The maximum absolute atomic E-state index is 14.1.